The molecule has 24 heavy (non-hydrogen) atoms. The minimum atomic E-state index is -0.564. The standard InChI is InChI=1S/C18H25N2O3.Ac/c1-18(2,3)23-17(22)15-9-14(12-21)16(10-19)20(15)11-13-7-5-4-6-8-13;/h4-8,12,14-16,19H,9-11H2,1-3H3;/q-1;/t14-,15+,16-;/m0./s1. The third-order valence-corrected chi connectivity index (χ3v) is 4.09. The molecule has 0 aromatic heterocycles. The average molecular weight is 544 g/mol. The SMILES string of the molecule is CC(C)(C)OC(=O)[C@H]1C[C@@H](C=O)[C@H](C[NH-])N1Cc1ccccc1.[Ac]. The van der Waals surface area contributed by atoms with Gasteiger partial charge in [-0.1, -0.05) is 30.3 Å². The van der Waals surface area contributed by atoms with E-state index in [2.05, 4.69) is 0 Å². The normalized spacial score (nSPS) is 24.2. The maximum Gasteiger partial charge on any atom is 0.323 e. The maximum atomic E-state index is 12.5. The van der Waals surface area contributed by atoms with Gasteiger partial charge in [0.25, 0.3) is 0 Å². The van der Waals surface area contributed by atoms with Crippen LogP contribution >= 0.6 is 0 Å². The molecule has 0 amide bonds. The molecule has 1 aromatic carbocycles. The zero-order chi connectivity index (χ0) is 17.0. The predicted octanol–water partition coefficient (Wildman–Crippen LogP) is 2.84. The summed E-state index contributed by atoms with van der Waals surface area (Å²) in [4.78, 5) is 25.9. The number of hydrogen-bond donors (Lipinski definition) is 0. The van der Waals surface area contributed by atoms with E-state index in [1.165, 1.54) is 0 Å². The fraction of sp³-hybridized carbons (Fsp3) is 0.556. The Morgan fingerprint density at radius 2 is 1.96 bits per heavy atom. The molecular formula is C18H25AcN2O3-. The van der Waals surface area contributed by atoms with Gasteiger partial charge in [-0.15, -0.1) is 6.54 Å². The number of aldehydes is 1. The summed E-state index contributed by atoms with van der Waals surface area (Å²) in [5.41, 5.74) is 8.29. The molecule has 1 radical (unpaired) electrons. The Bertz CT molecular complexity index is 545. The summed E-state index contributed by atoms with van der Waals surface area (Å²) in [5, 5.41) is 0. The van der Waals surface area contributed by atoms with Crippen LogP contribution in [-0.4, -0.2) is 41.4 Å². The number of likely N-dealkylation sites (tertiary alicyclic amines) is 1. The van der Waals surface area contributed by atoms with Crippen molar-refractivity contribution in [3.63, 3.8) is 0 Å². The second-order valence-corrected chi connectivity index (χ2v) is 7.01. The topological polar surface area (TPSA) is 70.4 Å². The van der Waals surface area contributed by atoms with E-state index in [1.54, 1.807) is 0 Å². The van der Waals surface area contributed by atoms with Crippen LogP contribution in [0.4, 0.5) is 0 Å². The molecule has 5 nitrogen and oxygen atoms in total. The molecule has 129 valence electrons. The number of nitrogens with one attached hydrogen (secondary N) is 1. The molecule has 6 heteroatoms. The van der Waals surface area contributed by atoms with Crippen LogP contribution in [0.5, 0.6) is 0 Å². The molecule has 0 saturated carbocycles. The molecule has 2 rings (SSSR count). The van der Waals surface area contributed by atoms with Crippen molar-refractivity contribution in [1.82, 2.24) is 4.90 Å². The van der Waals surface area contributed by atoms with E-state index < -0.39 is 11.6 Å². The Morgan fingerprint density at radius 1 is 1.33 bits per heavy atom. The van der Waals surface area contributed by atoms with Crippen LogP contribution in [0.2, 0.25) is 0 Å². The first-order valence-corrected chi connectivity index (χ1v) is 7.98. The first-order chi connectivity index (χ1) is 10.9. The molecule has 0 spiro atoms. The summed E-state index contributed by atoms with van der Waals surface area (Å²) in [7, 11) is 0. The van der Waals surface area contributed by atoms with E-state index in [4.69, 9.17) is 10.5 Å². The van der Waals surface area contributed by atoms with Crippen LogP contribution < -0.4 is 0 Å². The van der Waals surface area contributed by atoms with E-state index in [9.17, 15) is 9.59 Å². The number of carbonyl (C=O) groups is 2. The van der Waals surface area contributed by atoms with Crippen molar-refractivity contribution in [3.8, 4) is 0 Å². The van der Waals surface area contributed by atoms with Crippen LogP contribution in [0.15, 0.2) is 30.3 Å². The van der Waals surface area contributed by atoms with Crippen LogP contribution in [-0.2, 0) is 20.9 Å². The van der Waals surface area contributed by atoms with Gasteiger partial charge in [-0.2, -0.15) is 0 Å². The summed E-state index contributed by atoms with van der Waals surface area (Å²) in [6, 6.07) is 9.09. The van der Waals surface area contributed by atoms with E-state index in [0.717, 1.165) is 11.8 Å². The molecule has 1 N–H and O–H groups in total. The summed E-state index contributed by atoms with van der Waals surface area (Å²) >= 11 is 0. The van der Waals surface area contributed by atoms with Crippen LogP contribution in [0, 0.1) is 50.0 Å². The second-order valence-electron chi connectivity index (χ2n) is 7.01. The van der Waals surface area contributed by atoms with Gasteiger partial charge in [0.15, 0.2) is 0 Å². The summed E-state index contributed by atoms with van der Waals surface area (Å²) < 4.78 is 5.52. The Kier molecular flexibility index (Phi) is 8.55. The monoisotopic (exact) mass is 544 g/mol. The molecule has 0 unspecified atom stereocenters. The zero-order valence-corrected chi connectivity index (χ0v) is 19.3. The fourth-order valence-corrected chi connectivity index (χ4v) is 3.07. The van der Waals surface area contributed by atoms with E-state index >= 15 is 0 Å². The quantitative estimate of drug-likeness (QED) is 0.423. The first-order valence-electron chi connectivity index (χ1n) is 7.98. The summed E-state index contributed by atoms with van der Waals surface area (Å²) in [6.07, 6.45) is 1.30. The Morgan fingerprint density at radius 3 is 2.46 bits per heavy atom. The molecule has 3 atom stereocenters. The van der Waals surface area contributed by atoms with Crippen molar-refractivity contribution in [2.75, 3.05) is 6.54 Å². The summed E-state index contributed by atoms with van der Waals surface area (Å²) in [5.74, 6) is -0.607. The van der Waals surface area contributed by atoms with E-state index in [1.807, 2.05) is 56.0 Å². The van der Waals surface area contributed by atoms with Crippen molar-refractivity contribution in [2.24, 2.45) is 5.92 Å². The predicted molar refractivity (Wildman–Crippen MR) is 88.8 cm³/mol. The number of carbonyl (C=O) groups excluding carboxylic acids is 2. The third kappa shape index (κ3) is 5.62. The van der Waals surface area contributed by atoms with Gasteiger partial charge in [-0.25, -0.2) is 0 Å². The Hall–Kier alpha value is -0.278. The number of benzene rings is 1. The van der Waals surface area contributed by atoms with E-state index in [-0.39, 0.29) is 68.5 Å². The van der Waals surface area contributed by atoms with Gasteiger partial charge in [0, 0.05) is 62.6 Å². The molecule has 1 aliphatic heterocycles. The van der Waals surface area contributed by atoms with E-state index in [0.29, 0.717) is 13.0 Å². The maximum absolute atomic E-state index is 12.5. The largest absolute Gasteiger partial charge is 0.676 e. The van der Waals surface area contributed by atoms with Crippen molar-refractivity contribution in [3.05, 3.63) is 41.6 Å². The number of hydrogen-bond acceptors (Lipinski definition) is 4. The third-order valence-electron chi connectivity index (χ3n) is 4.09. The minimum Gasteiger partial charge on any atom is -0.676 e. The van der Waals surface area contributed by atoms with Gasteiger partial charge in [0.2, 0.25) is 0 Å². The molecule has 0 bridgehead atoms. The van der Waals surface area contributed by atoms with Crippen LogP contribution in [0.25, 0.3) is 5.73 Å². The molecule has 1 heterocycles. The molecular weight excluding hydrogens is 519 g/mol. The Labute approximate surface area is 179 Å². The molecule has 0 aliphatic carbocycles. The number of nitrogens with zero attached hydrogens (tertiary/aromatic N) is 1. The smallest absolute Gasteiger partial charge is 0.323 e. The van der Waals surface area contributed by atoms with Crippen LogP contribution in [0.1, 0.15) is 32.8 Å². The molecule has 1 aliphatic rings. The van der Waals surface area contributed by atoms with Crippen molar-refractivity contribution in [2.45, 2.75) is 51.4 Å². The average Bonchev–Trinajstić information content (AvgIpc) is 2.84. The van der Waals surface area contributed by atoms with Gasteiger partial charge in [-0.05, 0) is 32.8 Å². The van der Waals surface area contributed by atoms with Gasteiger partial charge in [-0.3, -0.25) is 9.69 Å². The molecule has 1 fully saturated rings. The minimum absolute atomic E-state index is 0. The van der Waals surface area contributed by atoms with Gasteiger partial charge in [0.1, 0.15) is 17.9 Å². The second kappa shape index (κ2) is 9.43. The van der Waals surface area contributed by atoms with Gasteiger partial charge in [0.05, 0.1) is 0 Å². The Balaban J connectivity index is 0.00000288. The first kappa shape index (κ1) is 21.8. The van der Waals surface area contributed by atoms with Crippen molar-refractivity contribution >= 4 is 12.3 Å². The van der Waals surface area contributed by atoms with Gasteiger partial charge >= 0.3 is 5.97 Å². The van der Waals surface area contributed by atoms with Crippen molar-refractivity contribution in [1.29, 1.82) is 0 Å². The van der Waals surface area contributed by atoms with Crippen molar-refractivity contribution < 1.29 is 58.4 Å². The molecule has 1 aromatic rings. The molecule has 1 saturated heterocycles. The summed E-state index contributed by atoms with van der Waals surface area (Å²) in [6.45, 7) is 6.13. The number of ether oxygens (including phenoxy) is 1. The van der Waals surface area contributed by atoms with Crippen LogP contribution in [0.3, 0.4) is 0 Å². The number of rotatable bonds is 5. The fourth-order valence-electron chi connectivity index (χ4n) is 3.07. The van der Waals surface area contributed by atoms with Gasteiger partial charge < -0.3 is 15.3 Å². The number of esters is 1. The zero-order valence-electron chi connectivity index (χ0n) is 14.6.